The van der Waals surface area contributed by atoms with Gasteiger partial charge in [0.05, 0.1) is 28.1 Å². The van der Waals surface area contributed by atoms with E-state index < -0.39 is 34.6 Å². The number of aromatic hydroxyl groups is 2. The van der Waals surface area contributed by atoms with Gasteiger partial charge in [-0.2, -0.15) is 0 Å². The van der Waals surface area contributed by atoms with Crippen LogP contribution >= 0.6 is 40.4 Å². The molecule has 0 radical (unpaired) electrons. The Bertz CT molecular complexity index is 1860. The average molecular weight is 680 g/mol. The second-order valence-corrected chi connectivity index (χ2v) is 11.0. The third-order valence-electron chi connectivity index (χ3n) is 6.91. The summed E-state index contributed by atoms with van der Waals surface area (Å²) in [6, 6.07) is 9.30. The first-order chi connectivity index (χ1) is 19.8. The number of rotatable bonds is 8. The second-order valence-electron chi connectivity index (χ2n) is 9.46. The Morgan fingerprint density at radius 1 is 0.881 bits per heavy atom. The quantitative estimate of drug-likeness (QED) is 0.258. The smallest absolute Gasteiger partial charge is 0.262 e. The molecule has 2 aromatic heterocycles. The molecule has 2 aromatic carbocycles. The molecule has 0 aliphatic rings. The van der Waals surface area contributed by atoms with Crippen molar-refractivity contribution in [2.24, 2.45) is 28.2 Å². The van der Waals surface area contributed by atoms with Gasteiger partial charge in [-0.05, 0) is 71.1 Å². The zero-order valence-corrected chi connectivity index (χ0v) is 26.6. The molecule has 222 valence electrons. The highest BCUT2D eigenvalue weighted by molar-refractivity contribution is 9.10. The van der Waals surface area contributed by atoms with Crippen LogP contribution in [0.3, 0.4) is 0 Å². The summed E-state index contributed by atoms with van der Waals surface area (Å²) in [6.07, 6.45) is 0. The molecule has 0 saturated carbocycles. The predicted octanol–water partition coefficient (Wildman–Crippen LogP) is 4.69. The first-order valence-corrected chi connectivity index (χ1v) is 14.2. The van der Waals surface area contributed by atoms with Crippen molar-refractivity contribution >= 4 is 40.4 Å². The number of benzene rings is 2. The van der Waals surface area contributed by atoms with Crippen molar-refractivity contribution in [3.8, 4) is 23.3 Å². The molecule has 0 aliphatic carbocycles. The number of ether oxygens (including phenoxy) is 2. The number of halogens is 2. The molecule has 4 aromatic rings. The van der Waals surface area contributed by atoms with Crippen molar-refractivity contribution in [3.63, 3.8) is 0 Å². The Labute approximate surface area is 258 Å². The van der Waals surface area contributed by atoms with E-state index >= 15 is 0 Å². The minimum atomic E-state index is -1.32. The molecule has 0 amide bonds. The molecule has 14 heteroatoms. The predicted molar refractivity (Wildman–Crippen MR) is 163 cm³/mol. The third kappa shape index (κ3) is 5.41. The molecule has 4 rings (SSSR count). The normalized spacial score (nSPS) is 11.2. The molecule has 0 fully saturated rings. The lowest BCUT2D eigenvalue weighted by atomic mass is 9.86. The summed E-state index contributed by atoms with van der Waals surface area (Å²) in [5, 5.41) is 22.5. The van der Waals surface area contributed by atoms with Crippen molar-refractivity contribution in [3.05, 3.63) is 99.2 Å². The van der Waals surface area contributed by atoms with E-state index in [-0.39, 0.29) is 50.9 Å². The summed E-state index contributed by atoms with van der Waals surface area (Å²) in [5.41, 5.74) is -1.18. The van der Waals surface area contributed by atoms with Crippen LogP contribution in [0.5, 0.6) is 23.3 Å². The summed E-state index contributed by atoms with van der Waals surface area (Å²) < 4.78 is 31.3. The van der Waals surface area contributed by atoms with Crippen LogP contribution < -0.4 is 20.6 Å². The van der Waals surface area contributed by atoms with Gasteiger partial charge in [-0.1, -0.05) is 18.2 Å². The monoisotopic (exact) mass is 678 g/mol. The summed E-state index contributed by atoms with van der Waals surface area (Å²) in [4.78, 5) is 27.3. The highest BCUT2D eigenvalue weighted by atomic mass is 79.9. The van der Waals surface area contributed by atoms with Gasteiger partial charge >= 0.3 is 0 Å². The fourth-order valence-corrected chi connectivity index (χ4v) is 5.54. The highest BCUT2D eigenvalue weighted by Gasteiger charge is 2.33. The first kappa shape index (κ1) is 31.2. The zero-order valence-electron chi connectivity index (χ0n) is 23.3. The molecule has 0 aliphatic heterocycles. The van der Waals surface area contributed by atoms with Gasteiger partial charge < -0.3 is 19.7 Å². The van der Waals surface area contributed by atoms with E-state index in [0.29, 0.717) is 10.0 Å². The lowest BCUT2D eigenvalue weighted by Crippen LogP contribution is -2.33. The van der Waals surface area contributed by atoms with E-state index in [0.717, 1.165) is 9.13 Å². The van der Waals surface area contributed by atoms with E-state index in [9.17, 15) is 24.2 Å². The van der Waals surface area contributed by atoms with Crippen molar-refractivity contribution < 1.29 is 24.1 Å². The van der Waals surface area contributed by atoms with Crippen LogP contribution in [0.4, 0.5) is 4.39 Å². The molecular formula is C28H28BrFN4O6S2. The zero-order chi connectivity index (χ0) is 31.0. The first-order valence-electron chi connectivity index (χ1n) is 12.6. The van der Waals surface area contributed by atoms with Crippen molar-refractivity contribution in [1.82, 2.24) is 18.3 Å². The van der Waals surface area contributed by atoms with Crippen molar-refractivity contribution in [2.75, 3.05) is 6.61 Å². The maximum Gasteiger partial charge on any atom is 0.262 e. The molecule has 0 spiro atoms. The minimum absolute atomic E-state index is 0.0386. The van der Waals surface area contributed by atoms with Crippen LogP contribution in [-0.2, 0) is 34.8 Å². The largest absolute Gasteiger partial charge is 0.494 e. The van der Waals surface area contributed by atoms with Gasteiger partial charge in [0.25, 0.3) is 11.1 Å². The van der Waals surface area contributed by atoms with Crippen LogP contribution in [0.2, 0.25) is 0 Å². The average Bonchev–Trinajstić information content (AvgIpc) is 2.96. The number of hydrogen-bond donors (Lipinski definition) is 2. The Morgan fingerprint density at radius 2 is 1.40 bits per heavy atom. The Kier molecular flexibility index (Phi) is 9.09. The Morgan fingerprint density at radius 3 is 1.90 bits per heavy atom. The van der Waals surface area contributed by atoms with Gasteiger partial charge in [0.2, 0.25) is 11.8 Å². The summed E-state index contributed by atoms with van der Waals surface area (Å²) >= 11 is 14.1. The molecule has 0 unspecified atom stereocenters. The lowest BCUT2D eigenvalue weighted by Gasteiger charge is -2.24. The van der Waals surface area contributed by atoms with Crippen LogP contribution in [0.1, 0.15) is 35.1 Å². The molecule has 10 nitrogen and oxygen atoms in total. The Hall–Kier alpha value is -3.75. The van der Waals surface area contributed by atoms with E-state index in [1.165, 1.54) is 49.5 Å². The fourth-order valence-electron chi connectivity index (χ4n) is 4.62. The topological polar surface area (TPSA) is 113 Å². The number of hydrogen-bond acceptors (Lipinski definition) is 8. The van der Waals surface area contributed by atoms with E-state index in [4.69, 9.17) is 33.9 Å². The SMILES string of the molecule is CCOc1cc(C(c2c(O)n(C)c(=S)n(C)c2=O)c2c(O)n(C)c(=S)n(C)c2=O)cc(Br)c1OCc1ccccc1F. The van der Waals surface area contributed by atoms with Crippen molar-refractivity contribution in [2.45, 2.75) is 19.4 Å². The standard InChI is InChI=1S/C28H28BrFN4O6S2/c1-6-39-18-12-15(11-16(29)22(18)40-13-14-9-7-8-10-17(14)30)19(20-23(35)31(2)27(41)32(3)24(20)36)21-25(37)33(4)28(42)34(5)26(21)38/h7-12,19,35,37H,6,13H2,1-5H3. The van der Waals surface area contributed by atoms with Crippen LogP contribution in [-0.4, -0.2) is 35.1 Å². The van der Waals surface area contributed by atoms with Gasteiger partial charge in [0.1, 0.15) is 12.4 Å². The minimum Gasteiger partial charge on any atom is -0.494 e. The van der Waals surface area contributed by atoms with Gasteiger partial charge in [0, 0.05) is 33.8 Å². The maximum absolute atomic E-state index is 14.3. The molecule has 42 heavy (non-hydrogen) atoms. The van der Waals surface area contributed by atoms with E-state index in [2.05, 4.69) is 15.9 Å². The van der Waals surface area contributed by atoms with Crippen molar-refractivity contribution in [1.29, 1.82) is 0 Å². The molecule has 0 bridgehead atoms. The van der Waals surface area contributed by atoms with Crippen LogP contribution in [0, 0.1) is 15.4 Å². The molecule has 2 heterocycles. The van der Waals surface area contributed by atoms with E-state index in [1.807, 2.05) is 0 Å². The van der Waals surface area contributed by atoms with Crippen LogP contribution in [0.15, 0.2) is 50.5 Å². The number of aromatic nitrogens is 4. The molecular weight excluding hydrogens is 651 g/mol. The van der Waals surface area contributed by atoms with Gasteiger partial charge in [-0.15, -0.1) is 0 Å². The lowest BCUT2D eigenvalue weighted by molar-refractivity contribution is 0.264. The molecule has 2 N–H and O–H groups in total. The van der Waals surface area contributed by atoms with Gasteiger partial charge in [-0.3, -0.25) is 27.9 Å². The summed E-state index contributed by atoms with van der Waals surface area (Å²) in [5.74, 6) is -2.28. The van der Waals surface area contributed by atoms with E-state index in [1.54, 1.807) is 31.2 Å². The highest BCUT2D eigenvalue weighted by Crippen LogP contribution is 2.44. The second kappa shape index (κ2) is 12.2. The van der Waals surface area contributed by atoms with Crippen LogP contribution in [0.25, 0.3) is 0 Å². The molecule has 0 atom stereocenters. The summed E-state index contributed by atoms with van der Waals surface area (Å²) in [7, 11) is 5.83. The maximum atomic E-state index is 14.3. The number of nitrogens with zero attached hydrogens (tertiary/aromatic N) is 4. The third-order valence-corrected chi connectivity index (χ3v) is 8.59. The van der Waals surface area contributed by atoms with Gasteiger partial charge in [0.15, 0.2) is 21.0 Å². The molecule has 0 saturated heterocycles. The van der Waals surface area contributed by atoms with Gasteiger partial charge in [-0.25, -0.2) is 4.39 Å². The fraction of sp³-hybridized carbons (Fsp3) is 0.286. The Balaban J connectivity index is 2.05. The summed E-state index contributed by atoms with van der Waals surface area (Å²) in [6.45, 7) is 1.87.